The Kier molecular flexibility index (Phi) is 3.29. The van der Waals surface area contributed by atoms with Gasteiger partial charge in [0.05, 0.1) is 11.6 Å². The van der Waals surface area contributed by atoms with Crippen LogP contribution in [0, 0.1) is 11.3 Å². The summed E-state index contributed by atoms with van der Waals surface area (Å²) in [5, 5.41) is 8.62. The largest absolute Gasteiger partial charge is 0.192 e. The Morgan fingerprint density at radius 2 is 1.85 bits per heavy atom. The van der Waals surface area contributed by atoms with Crippen molar-refractivity contribution in [2.75, 3.05) is 0 Å². The van der Waals surface area contributed by atoms with Gasteiger partial charge in [-0.05, 0) is 31.5 Å². The highest BCUT2D eigenvalue weighted by Crippen LogP contribution is 2.37. The summed E-state index contributed by atoms with van der Waals surface area (Å²) in [6, 6.07) is 9.71. The molecule has 1 aromatic carbocycles. The van der Waals surface area contributed by atoms with Gasteiger partial charge in [-0.15, -0.1) is 11.7 Å². The fourth-order valence-corrected chi connectivity index (χ4v) is 1.56. The molecule has 0 unspecified atom stereocenters. The first kappa shape index (κ1) is 10.5. The van der Waals surface area contributed by atoms with E-state index in [9.17, 15) is 0 Å². The predicted octanol–water partition coefficient (Wildman–Crippen LogP) is 3.37. The third-order valence-electron chi connectivity index (χ3n) is 1.94. The molecule has 0 heterocycles. The van der Waals surface area contributed by atoms with Crippen LogP contribution < -0.4 is 0 Å². The van der Waals surface area contributed by atoms with Crippen LogP contribution in [0.25, 0.3) is 0 Å². The van der Waals surface area contributed by atoms with Crippen molar-refractivity contribution in [3.05, 3.63) is 35.4 Å². The Morgan fingerprint density at radius 1 is 1.31 bits per heavy atom. The summed E-state index contributed by atoms with van der Waals surface area (Å²) in [5.74, 6) is 0. The zero-order valence-electron chi connectivity index (χ0n) is 7.61. The molecule has 0 atom stereocenters. The van der Waals surface area contributed by atoms with Crippen LogP contribution in [-0.4, -0.2) is 0 Å². The lowest BCUT2D eigenvalue weighted by molar-refractivity contribution is 0.789. The van der Waals surface area contributed by atoms with E-state index >= 15 is 0 Å². The highest BCUT2D eigenvalue weighted by atomic mass is 33.1. The topological polar surface area (TPSA) is 23.8 Å². The first-order chi connectivity index (χ1) is 6.10. The van der Waals surface area contributed by atoms with Crippen molar-refractivity contribution in [1.82, 2.24) is 0 Å². The molecule has 0 aliphatic heterocycles. The second-order valence-corrected chi connectivity index (χ2v) is 5.04. The van der Waals surface area contributed by atoms with E-state index in [1.165, 1.54) is 16.4 Å². The van der Waals surface area contributed by atoms with Crippen molar-refractivity contribution in [2.24, 2.45) is 0 Å². The zero-order chi connectivity index (χ0) is 9.90. The lowest BCUT2D eigenvalue weighted by Crippen LogP contribution is -2.09. The van der Waals surface area contributed by atoms with Gasteiger partial charge in [0.25, 0.3) is 0 Å². The van der Waals surface area contributed by atoms with Crippen molar-refractivity contribution in [1.29, 1.82) is 5.26 Å². The Balaban J connectivity index is 3.00. The summed E-state index contributed by atoms with van der Waals surface area (Å²) in [4.78, 5) is 0. The lowest BCUT2D eigenvalue weighted by atomic mass is 10.0. The molecule has 1 aromatic rings. The van der Waals surface area contributed by atoms with Crippen LogP contribution in [0.1, 0.15) is 25.0 Å². The van der Waals surface area contributed by atoms with E-state index < -0.39 is 0 Å². The number of hydrogen-bond donors (Lipinski definition) is 1. The molecule has 0 aliphatic carbocycles. The van der Waals surface area contributed by atoms with Crippen LogP contribution in [0.3, 0.4) is 0 Å². The van der Waals surface area contributed by atoms with Gasteiger partial charge < -0.3 is 0 Å². The quantitative estimate of drug-likeness (QED) is 0.596. The fourth-order valence-electron chi connectivity index (χ4n) is 0.999. The van der Waals surface area contributed by atoms with E-state index in [2.05, 4.69) is 31.6 Å². The Bertz CT molecular complexity index is 322. The molecule has 0 bridgehead atoms. The molecule has 68 valence electrons. The van der Waals surface area contributed by atoms with Crippen molar-refractivity contribution in [2.45, 2.75) is 18.6 Å². The van der Waals surface area contributed by atoms with E-state index in [1.807, 2.05) is 24.3 Å². The molecular weight excluding hydrogens is 198 g/mol. The van der Waals surface area contributed by atoms with Crippen LogP contribution in [0.4, 0.5) is 0 Å². The molecular formula is C10H11NS2. The van der Waals surface area contributed by atoms with E-state index in [0.717, 1.165) is 0 Å². The Labute approximate surface area is 88.0 Å². The number of nitriles is 1. The molecule has 0 saturated heterocycles. The summed E-state index contributed by atoms with van der Waals surface area (Å²) >= 11 is 4.21. The molecule has 0 spiro atoms. The average molecular weight is 209 g/mol. The van der Waals surface area contributed by atoms with Gasteiger partial charge in [0.2, 0.25) is 0 Å². The molecule has 0 aromatic heterocycles. The van der Waals surface area contributed by atoms with Gasteiger partial charge in [0.15, 0.2) is 0 Å². The maximum Gasteiger partial charge on any atom is 0.0991 e. The van der Waals surface area contributed by atoms with E-state index in [-0.39, 0.29) is 4.75 Å². The van der Waals surface area contributed by atoms with Gasteiger partial charge in [-0.3, -0.25) is 0 Å². The van der Waals surface area contributed by atoms with Crippen LogP contribution in [0.5, 0.6) is 0 Å². The number of nitrogens with zero attached hydrogens (tertiary/aromatic N) is 1. The SMILES string of the molecule is CC(C)(SS)c1ccc(C#N)cc1. The highest BCUT2D eigenvalue weighted by Gasteiger charge is 2.18. The van der Waals surface area contributed by atoms with Gasteiger partial charge in [-0.1, -0.05) is 22.9 Å². The molecule has 0 N–H and O–H groups in total. The minimum Gasteiger partial charge on any atom is -0.192 e. The summed E-state index contributed by atoms with van der Waals surface area (Å²) in [7, 11) is 1.51. The van der Waals surface area contributed by atoms with E-state index in [4.69, 9.17) is 5.26 Å². The standard InChI is InChI=1S/C10H11NS2/c1-10(2,13-12)9-5-3-8(7-11)4-6-9/h3-6,12H,1-2H3. The maximum absolute atomic E-state index is 8.62. The molecule has 1 rings (SSSR count). The number of hydrogen-bond acceptors (Lipinski definition) is 3. The molecule has 0 aliphatic rings. The highest BCUT2D eigenvalue weighted by molar-refractivity contribution is 8.68. The van der Waals surface area contributed by atoms with Crippen LogP contribution in [-0.2, 0) is 4.75 Å². The lowest BCUT2D eigenvalue weighted by Gasteiger charge is -2.21. The smallest absolute Gasteiger partial charge is 0.0991 e. The van der Waals surface area contributed by atoms with Crippen molar-refractivity contribution in [3.8, 4) is 6.07 Å². The first-order valence-electron chi connectivity index (χ1n) is 3.93. The van der Waals surface area contributed by atoms with Crippen molar-refractivity contribution >= 4 is 22.5 Å². The summed E-state index contributed by atoms with van der Waals surface area (Å²) < 4.78 is -0.00288. The second kappa shape index (κ2) is 4.08. The molecule has 0 amide bonds. The molecule has 0 saturated carbocycles. The molecule has 13 heavy (non-hydrogen) atoms. The number of benzene rings is 1. The first-order valence-corrected chi connectivity index (χ1v) is 5.80. The van der Waals surface area contributed by atoms with Crippen LogP contribution in [0.2, 0.25) is 0 Å². The average Bonchev–Trinajstić information content (AvgIpc) is 2.18. The minimum absolute atomic E-state index is 0.00288. The molecule has 1 nitrogen and oxygen atoms in total. The normalized spacial score (nSPS) is 10.9. The maximum atomic E-state index is 8.62. The monoisotopic (exact) mass is 209 g/mol. The summed E-state index contributed by atoms with van der Waals surface area (Å²) in [5.41, 5.74) is 1.88. The Hall–Kier alpha value is -0.590. The Morgan fingerprint density at radius 3 is 2.23 bits per heavy atom. The fraction of sp³-hybridized carbons (Fsp3) is 0.300. The minimum atomic E-state index is -0.00288. The molecule has 3 heteroatoms. The summed E-state index contributed by atoms with van der Waals surface area (Å²) in [6.45, 7) is 4.21. The second-order valence-electron chi connectivity index (χ2n) is 3.29. The van der Waals surface area contributed by atoms with Crippen molar-refractivity contribution in [3.63, 3.8) is 0 Å². The van der Waals surface area contributed by atoms with E-state index in [1.54, 1.807) is 0 Å². The zero-order valence-corrected chi connectivity index (χ0v) is 9.32. The third kappa shape index (κ3) is 2.43. The number of rotatable bonds is 2. The van der Waals surface area contributed by atoms with Gasteiger partial charge in [0.1, 0.15) is 0 Å². The predicted molar refractivity (Wildman–Crippen MR) is 60.8 cm³/mol. The van der Waals surface area contributed by atoms with Crippen LogP contribution >= 0.6 is 22.5 Å². The van der Waals surface area contributed by atoms with E-state index in [0.29, 0.717) is 5.56 Å². The van der Waals surface area contributed by atoms with Gasteiger partial charge in [0, 0.05) is 4.75 Å². The third-order valence-corrected chi connectivity index (χ3v) is 4.00. The van der Waals surface area contributed by atoms with Crippen molar-refractivity contribution < 1.29 is 0 Å². The number of thiol groups is 1. The van der Waals surface area contributed by atoms with Gasteiger partial charge >= 0.3 is 0 Å². The summed E-state index contributed by atoms with van der Waals surface area (Å²) in [6.07, 6.45) is 0. The molecule has 0 radical (unpaired) electrons. The molecule has 0 fully saturated rings. The van der Waals surface area contributed by atoms with Gasteiger partial charge in [-0.2, -0.15) is 5.26 Å². The van der Waals surface area contributed by atoms with Gasteiger partial charge in [-0.25, -0.2) is 0 Å². The van der Waals surface area contributed by atoms with Crippen LogP contribution in [0.15, 0.2) is 24.3 Å².